The van der Waals surface area contributed by atoms with Crippen molar-refractivity contribution < 1.29 is 19.4 Å². The highest BCUT2D eigenvalue weighted by atomic mass is 127. The van der Waals surface area contributed by atoms with Crippen LogP contribution in [0.1, 0.15) is 0 Å². The molecule has 0 aromatic rings. The lowest BCUT2D eigenvalue weighted by molar-refractivity contribution is -0.153. The number of rotatable bonds is 3. The van der Waals surface area contributed by atoms with Crippen molar-refractivity contribution in [3.8, 4) is 0 Å². The highest BCUT2D eigenvalue weighted by Crippen LogP contribution is 1.84. The van der Waals surface area contributed by atoms with Crippen molar-refractivity contribution in [2.24, 2.45) is 0 Å². The van der Waals surface area contributed by atoms with Gasteiger partial charge in [0.05, 0.1) is 4.43 Å². The van der Waals surface area contributed by atoms with Gasteiger partial charge >= 0.3 is 11.9 Å². The van der Waals surface area contributed by atoms with E-state index in [2.05, 4.69) is 4.74 Å². The van der Waals surface area contributed by atoms with Crippen molar-refractivity contribution in [2.45, 2.75) is 0 Å². The van der Waals surface area contributed by atoms with Crippen LogP contribution in [-0.4, -0.2) is 28.1 Å². The Hall–Kier alpha value is -0.330. The standard InChI is InChI=1S/C4H5IO4/c5-1-4(8)9-2-3(6)7/h1-2H2,(H,6,7). The van der Waals surface area contributed by atoms with Crippen molar-refractivity contribution in [1.29, 1.82) is 0 Å². The van der Waals surface area contributed by atoms with Crippen LogP contribution in [0.25, 0.3) is 0 Å². The van der Waals surface area contributed by atoms with Gasteiger partial charge in [0, 0.05) is 0 Å². The summed E-state index contributed by atoms with van der Waals surface area (Å²) in [6.07, 6.45) is 0. The van der Waals surface area contributed by atoms with Crippen LogP contribution in [0.2, 0.25) is 0 Å². The summed E-state index contributed by atoms with van der Waals surface area (Å²) in [5.41, 5.74) is 0. The quantitative estimate of drug-likeness (QED) is 0.432. The number of halogens is 1. The first-order valence-corrected chi connectivity index (χ1v) is 3.62. The van der Waals surface area contributed by atoms with Crippen LogP contribution < -0.4 is 0 Å². The van der Waals surface area contributed by atoms with Crippen LogP contribution in [0.5, 0.6) is 0 Å². The Kier molecular flexibility index (Phi) is 4.37. The molecule has 0 saturated heterocycles. The maximum Gasteiger partial charge on any atom is 0.341 e. The minimum absolute atomic E-state index is 0.186. The minimum atomic E-state index is -1.13. The molecule has 0 aliphatic rings. The van der Waals surface area contributed by atoms with E-state index in [1.165, 1.54) is 0 Å². The number of carbonyl (C=O) groups excluding carboxylic acids is 1. The first kappa shape index (κ1) is 8.67. The number of carboxylic acid groups (broad SMARTS) is 1. The Morgan fingerprint density at radius 3 is 2.44 bits per heavy atom. The second-order valence-corrected chi connectivity index (χ2v) is 1.95. The Balaban J connectivity index is 3.28. The van der Waals surface area contributed by atoms with Crippen molar-refractivity contribution in [3.63, 3.8) is 0 Å². The van der Waals surface area contributed by atoms with Gasteiger partial charge < -0.3 is 9.84 Å². The Bertz CT molecular complexity index is 122. The molecule has 0 amide bonds. The summed E-state index contributed by atoms with van der Waals surface area (Å²) in [5.74, 6) is -1.63. The molecule has 0 unspecified atom stereocenters. The van der Waals surface area contributed by atoms with Gasteiger partial charge in [-0.05, 0) is 0 Å². The molecule has 1 N–H and O–H groups in total. The van der Waals surface area contributed by atoms with Gasteiger partial charge in [-0.2, -0.15) is 0 Å². The molecule has 52 valence electrons. The van der Waals surface area contributed by atoms with Gasteiger partial charge in [-0.1, -0.05) is 22.6 Å². The van der Waals surface area contributed by atoms with E-state index in [4.69, 9.17) is 5.11 Å². The number of esters is 1. The van der Waals surface area contributed by atoms with Crippen LogP contribution in [0, 0.1) is 0 Å². The number of aliphatic carboxylic acids is 1. The van der Waals surface area contributed by atoms with E-state index in [0.29, 0.717) is 0 Å². The fourth-order valence-electron chi connectivity index (χ4n) is 0.181. The predicted octanol–water partition coefficient (Wildman–Crippen LogP) is 0.0492. The second-order valence-electron chi connectivity index (χ2n) is 1.19. The Labute approximate surface area is 65.3 Å². The van der Waals surface area contributed by atoms with Gasteiger partial charge in [-0.3, -0.25) is 4.79 Å². The van der Waals surface area contributed by atoms with Gasteiger partial charge in [-0.25, -0.2) is 4.79 Å². The number of carboxylic acids is 1. The largest absolute Gasteiger partial charge is 0.479 e. The lowest BCUT2D eigenvalue weighted by Crippen LogP contribution is -2.13. The van der Waals surface area contributed by atoms with Gasteiger partial charge in [0.1, 0.15) is 0 Å². The second kappa shape index (κ2) is 4.54. The number of carbonyl (C=O) groups is 2. The van der Waals surface area contributed by atoms with Gasteiger partial charge in [0.25, 0.3) is 0 Å². The third-order valence-corrected chi connectivity index (χ3v) is 1.09. The Morgan fingerprint density at radius 2 is 2.11 bits per heavy atom. The molecule has 5 heteroatoms. The van der Waals surface area contributed by atoms with E-state index >= 15 is 0 Å². The van der Waals surface area contributed by atoms with Crippen LogP contribution in [0.4, 0.5) is 0 Å². The molecule has 0 spiro atoms. The molecule has 0 bridgehead atoms. The van der Waals surface area contributed by atoms with Crippen molar-refractivity contribution in [2.75, 3.05) is 11.0 Å². The smallest absolute Gasteiger partial charge is 0.341 e. The average molecular weight is 244 g/mol. The molecule has 0 aromatic carbocycles. The van der Waals surface area contributed by atoms with Crippen LogP contribution in [-0.2, 0) is 14.3 Å². The third-order valence-electron chi connectivity index (χ3n) is 0.466. The summed E-state index contributed by atoms with van der Waals surface area (Å²) in [6.45, 7) is -0.540. The first-order chi connectivity index (χ1) is 4.16. The molecular formula is C4H5IO4. The number of hydrogen-bond acceptors (Lipinski definition) is 3. The number of hydrogen-bond donors (Lipinski definition) is 1. The monoisotopic (exact) mass is 244 g/mol. The highest BCUT2D eigenvalue weighted by molar-refractivity contribution is 14.1. The molecule has 0 aromatic heterocycles. The molecule has 9 heavy (non-hydrogen) atoms. The number of ether oxygens (including phenoxy) is 1. The summed E-state index contributed by atoms with van der Waals surface area (Å²) in [5, 5.41) is 7.98. The molecule has 0 rings (SSSR count). The third kappa shape index (κ3) is 5.54. The molecule has 4 nitrogen and oxygen atoms in total. The van der Waals surface area contributed by atoms with E-state index in [9.17, 15) is 9.59 Å². The molecule has 0 heterocycles. The molecular weight excluding hydrogens is 239 g/mol. The van der Waals surface area contributed by atoms with Crippen LogP contribution >= 0.6 is 22.6 Å². The zero-order valence-corrected chi connectivity index (χ0v) is 6.62. The zero-order valence-electron chi connectivity index (χ0n) is 4.46. The Morgan fingerprint density at radius 1 is 1.56 bits per heavy atom. The maximum atomic E-state index is 10.2. The summed E-state index contributed by atoms with van der Waals surface area (Å²) in [4.78, 5) is 20.0. The summed E-state index contributed by atoms with van der Waals surface area (Å²) >= 11 is 1.79. The summed E-state index contributed by atoms with van der Waals surface area (Å²) in [7, 11) is 0. The summed E-state index contributed by atoms with van der Waals surface area (Å²) in [6, 6.07) is 0. The lowest BCUT2D eigenvalue weighted by Gasteiger charge is -1.95. The van der Waals surface area contributed by atoms with E-state index < -0.39 is 18.5 Å². The fraction of sp³-hybridized carbons (Fsp3) is 0.500. The van der Waals surface area contributed by atoms with E-state index in [-0.39, 0.29) is 4.43 Å². The molecule has 0 radical (unpaired) electrons. The fourth-order valence-corrected chi connectivity index (χ4v) is 0.401. The van der Waals surface area contributed by atoms with E-state index in [0.717, 1.165) is 0 Å². The van der Waals surface area contributed by atoms with E-state index in [1.807, 2.05) is 0 Å². The van der Waals surface area contributed by atoms with Crippen molar-refractivity contribution >= 4 is 34.5 Å². The minimum Gasteiger partial charge on any atom is -0.479 e. The topological polar surface area (TPSA) is 63.6 Å². The van der Waals surface area contributed by atoms with Crippen LogP contribution in [0.3, 0.4) is 0 Å². The maximum absolute atomic E-state index is 10.2. The molecule has 0 aliphatic heterocycles. The molecule has 0 aliphatic carbocycles. The highest BCUT2D eigenvalue weighted by Gasteiger charge is 2.01. The lowest BCUT2D eigenvalue weighted by atomic mass is 10.7. The SMILES string of the molecule is O=C(O)COC(=O)CI. The molecule has 0 saturated carbocycles. The predicted molar refractivity (Wildman–Crippen MR) is 37.5 cm³/mol. The van der Waals surface area contributed by atoms with Gasteiger partial charge in [0.2, 0.25) is 0 Å². The summed E-state index contributed by atoms with van der Waals surface area (Å²) < 4.78 is 4.39. The molecule has 0 fully saturated rings. The van der Waals surface area contributed by atoms with Crippen molar-refractivity contribution in [1.82, 2.24) is 0 Å². The number of alkyl halides is 1. The normalized spacial score (nSPS) is 8.56. The van der Waals surface area contributed by atoms with Gasteiger partial charge in [-0.15, -0.1) is 0 Å². The average Bonchev–Trinajstić information content (AvgIpc) is 1.83. The van der Waals surface area contributed by atoms with E-state index in [1.54, 1.807) is 22.6 Å². The first-order valence-electron chi connectivity index (χ1n) is 2.10. The van der Waals surface area contributed by atoms with Gasteiger partial charge in [0.15, 0.2) is 6.61 Å². The van der Waals surface area contributed by atoms with Crippen LogP contribution in [0.15, 0.2) is 0 Å². The molecule has 0 atom stereocenters. The van der Waals surface area contributed by atoms with Crippen molar-refractivity contribution in [3.05, 3.63) is 0 Å². The zero-order chi connectivity index (χ0) is 7.28.